The van der Waals surface area contributed by atoms with E-state index in [-0.39, 0.29) is 0 Å². The molecule has 25 heavy (non-hydrogen) atoms. The van der Waals surface area contributed by atoms with Gasteiger partial charge in [0.05, 0.1) is 0 Å². The van der Waals surface area contributed by atoms with Gasteiger partial charge in [0, 0.05) is 23.1 Å². The Morgan fingerprint density at radius 1 is 0.920 bits per heavy atom. The highest BCUT2D eigenvalue weighted by atomic mass is 16.6. The first kappa shape index (κ1) is 17.0. The van der Waals surface area contributed by atoms with E-state index in [4.69, 9.17) is 14.2 Å². The van der Waals surface area contributed by atoms with Gasteiger partial charge in [0.2, 0.25) is 0 Å². The summed E-state index contributed by atoms with van der Waals surface area (Å²) in [7, 11) is 0. The number of carbonyl (C=O) groups excluding carboxylic acids is 1. The lowest BCUT2D eigenvalue weighted by Crippen LogP contribution is -2.27. The van der Waals surface area contributed by atoms with Crippen molar-refractivity contribution in [3.05, 3.63) is 42.5 Å². The predicted octanol–water partition coefficient (Wildman–Crippen LogP) is 4.55. The molecule has 1 aliphatic rings. The molecule has 0 aliphatic carbocycles. The summed E-state index contributed by atoms with van der Waals surface area (Å²) < 4.78 is 16.3. The first-order valence-corrected chi connectivity index (χ1v) is 8.16. The maximum atomic E-state index is 11.8. The molecule has 0 radical (unpaired) electrons. The van der Waals surface area contributed by atoms with Gasteiger partial charge in [-0.05, 0) is 57.2 Å². The third-order valence-corrected chi connectivity index (χ3v) is 3.36. The fourth-order valence-corrected chi connectivity index (χ4v) is 2.35. The Hall–Kier alpha value is -2.89. The largest absolute Gasteiger partial charge is 0.486 e. The number of nitrogens with one attached hydrogen (secondary N) is 2. The maximum Gasteiger partial charge on any atom is 0.412 e. The molecule has 0 atom stereocenters. The molecule has 1 heterocycles. The zero-order chi connectivity index (χ0) is 17.9. The van der Waals surface area contributed by atoms with Crippen molar-refractivity contribution in [2.75, 3.05) is 23.8 Å². The smallest absolute Gasteiger partial charge is 0.412 e. The van der Waals surface area contributed by atoms with Crippen molar-refractivity contribution in [1.29, 1.82) is 0 Å². The average Bonchev–Trinajstić information content (AvgIpc) is 2.55. The van der Waals surface area contributed by atoms with Crippen molar-refractivity contribution in [3.8, 4) is 11.5 Å². The van der Waals surface area contributed by atoms with E-state index in [1.807, 2.05) is 63.2 Å². The Balaban J connectivity index is 1.62. The molecule has 2 N–H and O–H groups in total. The van der Waals surface area contributed by atoms with Crippen molar-refractivity contribution in [2.24, 2.45) is 0 Å². The van der Waals surface area contributed by atoms with E-state index in [2.05, 4.69) is 10.6 Å². The van der Waals surface area contributed by atoms with Gasteiger partial charge in [-0.15, -0.1) is 0 Å². The highest BCUT2D eigenvalue weighted by Crippen LogP contribution is 2.33. The lowest BCUT2D eigenvalue weighted by Gasteiger charge is -2.20. The molecule has 3 rings (SSSR count). The minimum absolute atomic E-state index is 0.472. The third-order valence-electron chi connectivity index (χ3n) is 3.36. The summed E-state index contributed by atoms with van der Waals surface area (Å²) in [6.07, 6.45) is -0.472. The highest BCUT2D eigenvalue weighted by Gasteiger charge is 2.16. The minimum Gasteiger partial charge on any atom is -0.486 e. The van der Waals surface area contributed by atoms with Gasteiger partial charge < -0.3 is 19.5 Å². The van der Waals surface area contributed by atoms with Crippen LogP contribution in [0.25, 0.3) is 0 Å². The van der Waals surface area contributed by atoms with Crippen LogP contribution in [0.1, 0.15) is 20.8 Å². The summed E-state index contributed by atoms with van der Waals surface area (Å²) >= 11 is 0. The zero-order valence-corrected chi connectivity index (χ0v) is 14.6. The standard InChI is InChI=1S/C19H22N2O4/c1-19(2,3)25-18(22)21-14-6-4-13(5-7-14)20-15-8-9-16-17(12-15)24-11-10-23-16/h4-9,12,20H,10-11H2,1-3H3,(H,21,22). The molecule has 2 aromatic carbocycles. The van der Waals surface area contributed by atoms with Gasteiger partial charge in [-0.2, -0.15) is 0 Å². The fraction of sp³-hybridized carbons (Fsp3) is 0.316. The number of hydrogen-bond acceptors (Lipinski definition) is 5. The number of fused-ring (bicyclic) bond motifs is 1. The van der Waals surface area contributed by atoms with Crippen molar-refractivity contribution < 1.29 is 19.0 Å². The van der Waals surface area contributed by atoms with Crippen LogP contribution in [0.4, 0.5) is 21.9 Å². The molecule has 6 nitrogen and oxygen atoms in total. The molecule has 6 heteroatoms. The molecule has 1 aliphatic heterocycles. The van der Waals surface area contributed by atoms with E-state index in [1.54, 1.807) is 0 Å². The van der Waals surface area contributed by atoms with Crippen molar-refractivity contribution in [1.82, 2.24) is 0 Å². The van der Waals surface area contributed by atoms with Crippen LogP contribution in [0.5, 0.6) is 11.5 Å². The fourth-order valence-electron chi connectivity index (χ4n) is 2.35. The second kappa shape index (κ2) is 6.93. The number of benzene rings is 2. The first-order valence-electron chi connectivity index (χ1n) is 8.16. The summed E-state index contributed by atoms with van der Waals surface area (Å²) in [5.74, 6) is 1.49. The summed E-state index contributed by atoms with van der Waals surface area (Å²) in [5.41, 5.74) is 1.94. The molecule has 1 amide bonds. The number of carbonyl (C=O) groups is 1. The van der Waals surface area contributed by atoms with E-state index < -0.39 is 11.7 Å². The summed E-state index contributed by atoms with van der Waals surface area (Å²) in [6, 6.07) is 13.1. The number of rotatable bonds is 3. The molecular formula is C19H22N2O4. The monoisotopic (exact) mass is 342 g/mol. The van der Waals surface area contributed by atoms with E-state index >= 15 is 0 Å². The Morgan fingerprint density at radius 3 is 2.20 bits per heavy atom. The summed E-state index contributed by atoms with van der Waals surface area (Å²) in [4.78, 5) is 11.8. The van der Waals surface area contributed by atoms with Crippen LogP contribution >= 0.6 is 0 Å². The Bertz CT molecular complexity index is 751. The quantitative estimate of drug-likeness (QED) is 0.856. The molecule has 132 valence electrons. The minimum atomic E-state index is -0.524. The van der Waals surface area contributed by atoms with E-state index in [0.29, 0.717) is 18.9 Å². The van der Waals surface area contributed by atoms with Crippen LogP contribution in [0.2, 0.25) is 0 Å². The van der Waals surface area contributed by atoms with Crippen molar-refractivity contribution in [3.63, 3.8) is 0 Å². The zero-order valence-electron chi connectivity index (χ0n) is 14.6. The first-order chi connectivity index (χ1) is 11.9. The molecule has 0 unspecified atom stereocenters. The Labute approximate surface area is 147 Å². The van der Waals surface area contributed by atoms with E-state index in [9.17, 15) is 4.79 Å². The van der Waals surface area contributed by atoms with Crippen LogP contribution in [0.3, 0.4) is 0 Å². The van der Waals surface area contributed by atoms with Gasteiger partial charge in [-0.25, -0.2) is 4.79 Å². The van der Waals surface area contributed by atoms with E-state index in [1.165, 1.54) is 0 Å². The van der Waals surface area contributed by atoms with Crippen LogP contribution < -0.4 is 20.1 Å². The second-order valence-corrected chi connectivity index (χ2v) is 6.69. The molecule has 0 saturated carbocycles. The number of ether oxygens (including phenoxy) is 3. The van der Waals surface area contributed by atoms with Crippen LogP contribution in [-0.4, -0.2) is 24.9 Å². The SMILES string of the molecule is CC(C)(C)OC(=O)Nc1ccc(Nc2ccc3c(c2)OCCO3)cc1. The van der Waals surface area contributed by atoms with Crippen molar-refractivity contribution >= 4 is 23.2 Å². The Morgan fingerprint density at radius 2 is 1.52 bits per heavy atom. The van der Waals surface area contributed by atoms with Crippen LogP contribution in [0.15, 0.2) is 42.5 Å². The van der Waals surface area contributed by atoms with Gasteiger partial charge in [0.15, 0.2) is 11.5 Å². The molecular weight excluding hydrogens is 320 g/mol. The molecule has 0 saturated heterocycles. The molecule has 0 fully saturated rings. The molecule has 0 aromatic heterocycles. The van der Waals surface area contributed by atoms with Gasteiger partial charge in [-0.3, -0.25) is 5.32 Å². The number of hydrogen-bond donors (Lipinski definition) is 2. The predicted molar refractivity (Wildman–Crippen MR) is 97.0 cm³/mol. The van der Waals surface area contributed by atoms with Crippen LogP contribution in [0, 0.1) is 0 Å². The van der Waals surface area contributed by atoms with Crippen LogP contribution in [-0.2, 0) is 4.74 Å². The van der Waals surface area contributed by atoms with Gasteiger partial charge in [0.1, 0.15) is 18.8 Å². The lowest BCUT2D eigenvalue weighted by molar-refractivity contribution is 0.0636. The number of amides is 1. The normalized spacial score (nSPS) is 13.1. The average molecular weight is 342 g/mol. The van der Waals surface area contributed by atoms with Gasteiger partial charge >= 0.3 is 6.09 Å². The lowest BCUT2D eigenvalue weighted by atomic mass is 10.2. The van der Waals surface area contributed by atoms with Gasteiger partial charge in [-0.1, -0.05) is 0 Å². The molecule has 2 aromatic rings. The molecule has 0 bridgehead atoms. The molecule has 0 spiro atoms. The number of anilines is 3. The third kappa shape index (κ3) is 4.79. The topological polar surface area (TPSA) is 68.8 Å². The van der Waals surface area contributed by atoms with Crippen molar-refractivity contribution in [2.45, 2.75) is 26.4 Å². The second-order valence-electron chi connectivity index (χ2n) is 6.69. The van der Waals surface area contributed by atoms with E-state index in [0.717, 1.165) is 22.9 Å². The summed E-state index contributed by atoms with van der Waals surface area (Å²) in [5, 5.41) is 6.00. The highest BCUT2D eigenvalue weighted by molar-refractivity contribution is 5.85. The maximum absolute atomic E-state index is 11.8. The Kier molecular flexibility index (Phi) is 4.70. The van der Waals surface area contributed by atoms with Gasteiger partial charge in [0.25, 0.3) is 0 Å². The summed E-state index contributed by atoms with van der Waals surface area (Å²) in [6.45, 7) is 6.61.